The van der Waals surface area contributed by atoms with Crippen molar-refractivity contribution in [2.75, 3.05) is 5.32 Å². The predicted molar refractivity (Wildman–Crippen MR) is 154 cm³/mol. The summed E-state index contributed by atoms with van der Waals surface area (Å²) in [6, 6.07) is 19.0. The van der Waals surface area contributed by atoms with Crippen molar-refractivity contribution in [2.24, 2.45) is 23.2 Å². The van der Waals surface area contributed by atoms with Crippen molar-refractivity contribution in [3.05, 3.63) is 72.3 Å². The van der Waals surface area contributed by atoms with Crippen molar-refractivity contribution in [2.45, 2.75) is 69.4 Å². The van der Waals surface area contributed by atoms with Crippen LogP contribution in [0.2, 0.25) is 0 Å². The first-order valence-corrected chi connectivity index (χ1v) is 15.7. The highest BCUT2D eigenvalue weighted by Gasteiger charge is 2.53. The van der Waals surface area contributed by atoms with Crippen LogP contribution in [0.4, 0.5) is 5.69 Å². The lowest BCUT2D eigenvalue weighted by Gasteiger charge is -2.59. The van der Waals surface area contributed by atoms with Crippen LogP contribution < -0.4 is 10.0 Å². The van der Waals surface area contributed by atoms with Gasteiger partial charge in [-0.1, -0.05) is 36.4 Å². The summed E-state index contributed by atoms with van der Waals surface area (Å²) in [6.45, 7) is 3.49. The van der Waals surface area contributed by atoms with Crippen LogP contribution in [0.3, 0.4) is 0 Å². The number of carbonyl (C=O) groups is 2. The van der Waals surface area contributed by atoms with Gasteiger partial charge in [-0.25, -0.2) is 17.9 Å². The fourth-order valence-electron chi connectivity index (χ4n) is 7.72. The number of carbonyl (C=O) groups excluding carboxylic acids is 2. The summed E-state index contributed by atoms with van der Waals surface area (Å²) in [5.74, 6) is 0.927. The van der Waals surface area contributed by atoms with Gasteiger partial charge in [-0.3, -0.25) is 4.79 Å². The Kier molecular flexibility index (Phi) is 6.95. The quantitative estimate of drug-likeness (QED) is 0.334. The third-order valence-electron chi connectivity index (χ3n) is 9.39. The van der Waals surface area contributed by atoms with Crippen molar-refractivity contribution in [3.63, 3.8) is 0 Å². The minimum absolute atomic E-state index is 0.0200. The first-order valence-electron chi connectivity index (χ1n) is 14.2. The Morgan fingerprint density at radius 1 is 0.850 bits per heavy atom. The van der Waals surface area contributed by atoms with E-state index in [0.29, 0.717) is 5.69 Å². The molecule has 0 aromatic heterocycles. The Bertz CT molecular complexity index is 1530. The lowest BCUT2D eigenvalue weighted by atomic mass is 9.48. The Morgan fingerprint density at radius 3 is 2.17 bits per heavy atom. The van der Waals surface area contributed by atoms with Crippen LogP contribution >= 0.6 is 0 Å². The molecule has 0 aliphatic heterocycles. The monoisotopic (exact) mass is 560 g/mol. The molecular weight excluding hydrogens is 524 g/mol. The van der Waals surface area contributed by atoms with E-state index >= 15 is 0 Å². The van der Waals surface area contributed by atoms with E-state index in [1.165, 1.54) is 50.5 Å². The average Bonchev–Trinajstić information content (AvgIpc) is 2.92. The topological polar surface area (TPSA) is 102 Å². The van der Waals surface area contributed by atoms with Crippen LogP contribution in [0.5, 0.6) is 0 Å². The van der Waals surface area contributed by atoms with E-state index in [1.54, 1.807) is 6.07 Å². The highest BCUT2D eigenvalue weighted by molar-refractivity contribution is 7.89. The normalized spacial score (nSPS) is 26.8. The van der Waals surface area contributed by atoms with Gasteiger partial charge < -0.3 is 10.1 Å². The van der Waals surface area contributed by atoms with Crippen LogP contribution in [-0.2, 0) is 19.6 Å². The molecule has 8 heteroatoms. The number of esters is 1. The Hall–Kier alpha value is -3.23. The van der Waals surface area contributed by atoms with Crippen molar-refractivity contribution < 1.29 is 22.7 Å². The number of fused-ring (bicyclic) bond motifs is 1. The lowest BCUT2D eigenvalue weighted by molar-refractivity contribution is -0.123. The highest BCUT2D eigenvalue weighted by Crippen LogP contribution is 2.61. The molecule has 2 atom stereocenters. The van der Waals surface area contributed by atoms with Crippen molar-refractivity contribution in [3.8, 4) is 0 Å². The van der Waals surface area contributed by atoms with Crippen LogP contribution in [-0.4, -0.2) is 32.4 Å². The smallest absolute Gasteiger partial charge is 0.338 e. The molecular formula is C32H36N2O5S. The standard InChI is InChI=1S/C32H36N2O5S/c1-20(30(35)33-28-11-10-25-6-3-4-7-26(25)15-28)39-31(36)27-8-5-9-29(16-27)40(37,38)34-21(2)32-17-22-12-23(18-32)14-24(13-22)19-32/h3-11,15-16,20-24,34H,12-14,17-19H2,1-2H3,(H,33,35)/t20-,21-,22?,23?,24?,32?/m1/s1. The van der Waals surface area contributed by atoms with E-state index in [2.05, 4.69) is 10.0 Å². The van der Waals surface area contributed by atoms with E-state index in [-0.39, 0.29) is 21.9 Å². The molecule has 0 radical (unpaired) electrons. The first kappa shape index (κ1) is 27.0. The van der Waals surface area contributed by atoms with Gasteiger partial charge >= 0.3 is 5.97 Å². The van der Waals surface area contributed by atoms with E-state index in [4.69, 9.17) is 4.74 Å². The van der Waals surface area contributed by atoms with Gasteiger partial charge in [0.25, 0.3) is 5.91 Å². The molecule has 3 aromatic carbocycles. The number of nitrogens with one attached hydrogen (secondary N) is 2. The van der Waals surface area contributed by atoms with Crippen LogP contribution in [0, 0.1) is 23.2 Å². The van der Waals surface area contributed by atoms with E-state index < -0.39 is 28.0 Å². The molecule has 4 fully saturated rings. The average molecular weight is 561 g/mol. The first-order chi connectivity index (χ1) is 19.1. The van der Waals surface area contributed by atoms with E-state index in [1.807, 2.05) is 43.3 Å². The van der Waals surface area contributed by atoms with Gasteiger partial charge in [-0.2, -0.15) is 0 Å². The van der Waals surface area contributed by atoms with Gasteiger partial charge in [-0.15, -0.1) is 0 Å². The summed E-state index contributed by atoms with van der Waals surface area (Å²) in [6.07, 6.45) is 6.08. The summed E-state index contributed by atoms with van der Waals surface area (Å²) in [5.41, 5.74) is 0.696. The van der Waals surface area contributed by atoms with Crippen molar-refractivity contribution in [1.82, 2.24) is 4.72 Å². The number of rotatable bonds is 8. The molecule has 0 unspecified atom stereocenters. The summed E-state index contributed by atoms with van der Waals surface area (Å²) in [4.78, 5) is 25.7. The van der Waals surface area contributed by atoms with Gasteiger partial charge in [0.05, 0.1) is 10.5 Å². The molecule has 1 amide bonds. The lowest BCUT2D eigenvalue weighted by Crippen LogP contribution is -2.55. The zero-order valence-corrected chi connectivity index (χ0v) is 23.7. The van der Waals surface area contributed by atoms with Gasteiger partial charge in [0.1, 0.15) is 0 Å². The SMILES string of the molecule is C[C@@H](OC(=O)c1cccc(S(=O)(=O)N[C@H](C)C23CC4CC(CC(C4)C2)C3)c1)C(=O)Nc1ccc2ccccc2c1. The molecule has 4 aliphatic rings. The van der Waals surface area contributed by atoms with Crippen molar-refractivity contribution in [1.29, 1.82) is 0 Å². The highest BCUT2D eigenvalue weighted by atomic mass is 32.2. The summed E-state index contributed by atoms with van der Waals surface area (Å²) < 4.78 is 35.2. The summed E-state index contributed by atoms with van der Waals surface area (Å²) in [5, 5.41) is 4.81. The Balaban J connectivity index is 1.10. The predicted octanol–water partition coefficient (Wildman–Crippen LogP) is 5.91. The Labute approximate surface area is 235 Å². The third kappa shape index (κ3) is 5.27. The number of anilines is 1. The molecule has 7 nitrogen and oxygen atoms in total. The van der Waals surface area contributed by atoms with Gasteiger partial charge in [0.15, 0.2) is 6.10 Å². The third-order valence-corrected chi connectivity index (χ3v) is 10.9. The molecule has 40 heavy (non-hydrogen) atoms. The van der Waals surface area contributed by atoms with Crippen LogP contribution in [0.25, 0.3) is 10.8 Å². The maximum absolute atomic E-state index is 13.4. The second-order valence-corrected chi connectivity index (χ2v) is 14.0. The van der Waals surface area contributed by atoms with Crippen LogP contribution in [0.1, 0.15) is 62.7 Å². The summed E-state index contributed by atoms with van der Waals surface area (Å²) in [7, 11) is -3.85. The van der Waals surface area contributed by atoms with Crippen molar-refractivity contribution >= 4 is 38.4 Å². The molecule has 4 bridgehead atoms. The minimum Gasteiger partial charge on any atom is -0.449 e. The molecule has 4 aliphatic carbocycles. The zero-order valence-electron chi connectivity index (χ0n) is 22.9. The second-order valence-electron chi connectivity index (χ2n) is 12.2. The molecule has 7 rings (SSSR count). The molecule has 0 heterocycles. The number of hydrogen-bond donors (Lipinski definition) is 2. The molecule has 3 aromatic rings. The molecule has 2 N–H and O–H groups in total. The van der Waals surface area contributed by atoms with Gasteiger partial charge in [0, 0.05) is 11.7 Å². The second kappa shape index (κ2) is 10.3. The number of ether oxygens (including phenoxy) is 1. The maximum atomic E-state index is 13.4. The van der Waals surface area contributed by atoms with Gasteiger partial charge in [0.2, 0.25) is 10.0 Å². The molecule has 4 saturated carbocycles. The molecule has 210 valence electrons. The number of amides is 1. The zero-order chi connectivity index (χ0) is 28.1. The largest absolute Gasteiger partial charge is 0.449 e. The fraction of sp³-hybridized carbons (Fsp3) is 0.438. The molecule has 0 spiro atoms. The summed E-state index contributed by atoms with van der Waals surface area (Å²) >= 11 is 0. The number of sulfonamides is 1. The maximum Gasteiger partial charge on any atom is 0.338 e. The number of hydrogen-bond acceptors (Lipinski definition) is 5. The minimum atomic E-state index is -3.85. The Morgan fingerprint density at radius 2 is 1.50 bits per heavy atom. The molecule has 0 saturated heterocycles. The van der Waals surface area contributed by atoms with E-state index in [9.17, 15) is 18.0 Å². The van der Waals surface area contributed by atoms with E-state index in [0.717, 1.165) is 47.8 Å². The fourth-order valence-corrected chi connectivity index (χ4v) is 9.11. The van der Waals surface area contributed by atoms with Crippen LogP contribution in [0.15, 0.2) is 71.6 Å². The van der Waals surface area contributed by atoms with Gasteiger partial charge in [-0.05, 0) is 117 Å². The number of benzene rings is 3.